The minimum absolute atomic E-state index is 0.112. The van der Waals surface area contributed by atoms with Gasteiger partial charge in [0.2, 0.25) is 5.91 Å². The van der Waals surface area contributed by atoms with E-state index in [1.165, 1.54) is 5.06 Å². The van der Waals surface area contributed by atoms with E-state index in [-0.39, 0.29) is 5.91 Å². The number of carbonyl (C=O) groups excluding carboxylic acids is 1. The molecule has 0 bridgehead atoms. The second-order valence-electron chi connectivity index (χ2n) is 2.94. The van der Waals surface area contributed by atoms with Crippen LogP contribution in [0.2, 0.25) is 0 Å². The molecule has 1 amide bonds. The summed E-state index contributed by atoms with van der Waals surface area (Å²) in [6, 6.07) is 0. The average Bonchev–Trinajstić information content (AvgIpc) is 1.84. The van der Waals surface area contributed by atoms with E-state index in [9.17, 15) is 4.79 Å². The summed E-state index contributed by atoms with van der Waals surface area (Å²) in [5, 5.41) is 1.43. The second-order valence-corrected chi connectivity index (χ2v) is 2.94. The molecular formula is C7H13NO2. The molecular weight excluding hydrogens is 130 g/mol. The standard InChI is InChI=1S/C7H13NO2/c1-6(2)5-10-8-4-3-7(8)9/h6H,3-5H2,1-2H3. The lowest BCUT2D eigenvalue weighted by Gasteiger charge is -2.29. The first-order valence-electron chi connectivity index (χ1n) is 3.63. The fourth-order valence-corrected chi connectivity index (χ4v) is 0.670. The van der Waals surface area contributed by atoms with Crippen molar-refractivity contribution in [1.29, 1.82) is 0 Å². The largest absolute Gasteiger partial charge is 0.273 e. The SMILES string of the molecule is CC(C)CON1CCC1=O. The van der Waals surface area contributed by atoms with Crippen LogP contribution >= 0.6 is 0 Å². The summed E-state index contributed by atoms with van der Waals surface area (Å²) >= 11 is 0. The van der Waals surface area contributed by atoms with Crippen molar-refractivity contribution in [3.05, 3.63) is 0 Å². The first-order chi connectivity index (χ1) is 4.70. The quantitative estimate of drug-likeness (QED) is 0.547. The maximum absolute atomic E-state index is 10.6. The number of nitrogens with zero attached hydrogens (tertiary/aromatic N) is 1. The number of β-lactam (4-membered cyclic amide) rings is 1. The number of rotatable bonds is 3. The summed E-state index contributed by atoms with van der Waals surface area (Å²) in [6.07, 6.45) is 0.651. The molecule has 3 heteroatoms. The van der Waals surface area contributed by atoms with E-state index in [0.29, 0.717) is 18.9 Å². The van der Waals surface area contributed by atoms with Gasteiger partial charge in [-0.1, -0.05) is 13.8 Å². The average molecular weight is 143 g/mol. The summed E-state index contributed by atoms with van der Waals surface area (Å²) in [4.78, 5) is 15.8. The van der Waals surface area contributed by atoms with Gasteiger partial charge in [-0.3, -0.25) is 9.63 Å². The molecule has 0 atom stereocenters. The normalized spacial score (nSPS) is 17.9. The Morgan fingerprint density at radius 1 is 1.70 bits per heavy atom. The zero-order chi connectivity index (χ0) is 7.56. The van der Waals surface area contributed by atoms with Crippen molar-refractivity contribution in [2.75, 3.05) is 13.2 Å². The predicted octanol–water partition coefficient (Wildman–Crippen LogP) is 0.806. The van der Waals surface area contributed by atoms with E-state index in [2.05, 4.69) is 13.8 Å². The molecule has 0 N–H and O–H groups in total. The van der Waals surface area contributed by atoms with Gasteiger partial charge in [-0.2, -0.15) is 0 Å². The van der Waals surface area contributed by atoms with Crippen molar-refractivity contribution in [2.45, 2.75) is 20.3 Å². The van der Waals surface area contributed by atoms with E-state index in [1.807, 2.05) is 0 Å². The van der Waals surface area contributed by atoms with E-state index < -0.39 is 0 Å². The van der Waals surface area contributed by atoms with Crippen LogP contribution in [0.25, 0.3) is 0 Å². The molecule has 1 aliphatic heterocycles. The Hall–Kier alpha value is -0.570. The molecule has 1 fully saturated rings. The first kappa shape index (κ1) is 7.54. The zero-order valence-corrected chi connectivity index (χ0v) is 6.46. The van der Waals surface area contributed by atoms with Gasteiger partial charge >= 0.3 is 0 Å². The zero-order valence-electron chi connectivity index (χ0n) is 6.46. The lowest BCUT2D eigenvalue weighted by atomic mass is 10.2. The second kappa shape index (κ2) is 3.01. The minimum Gasteiger partial charge on any atom is -0.273 e. The van der Waals surface area contributed by atoms with Gasteiger partial charge in [0.1, 0.15) is 0 Å². The molecule has 0 aromatic heterocycles. The molecule has 0 aromatic rings. The Kier molecular flexibility index (Phi) is 2.27. The van der Waals surface area contributed by atoms with E-state index in [0.717, 1.165) is 6.54 Å². The van der Waals surface area contributed by atoms with Gasteiger partial charge in [0.25, 0.3) is 0 Å². The topological polar surface area (TPSA) is 29.5 Å². The van der Waals surface area contributed by atoms with E-state index >= 15 is 0 Å². The number of hydroxylamine groups is 2. The number of amides is 1. The van der Waals surface area contributed by atoms with Crippen LogP contribution in [0.5, 0.6) is 0 Å². The van der Waals surface area contributed by atoms with Crippen molar-refractivity contribution in [2.24, 2.45) is 5.92 Å². The van der Waals surface area contributed by atoms with Gasteiger partial charge in [0.05, 0.1) is 13.2 Å². The van der Waals surface area contributed by atoms with Crippen LogP contribution in [0.1, 0.15) is 20.3 Å². The molecule has 0 spiro atoms. The van der Waals surface area contributed by atoms with Crippen LogP contribution in [-0.4, -0.2) is 24.1 Å². The maximum Gasteiger partial charge on any atom is 0.248 e. The maximum atomic E-state index is 10.6. The molecule has 1 rings (SSSR count). The van der Waals surface area contributed by atoms with Crippen molar-refractivity contribution in [3.8, 4) is 0 Å². The molecule has 0 saturated carbocycles. The van der Waals surface area contributed by atoms with Crippen LogP contribution in [0.15, 0.2) is 0 Å². The summed E-state index contributed by atoms with van der Waals surface area (Å²) in [5.41, 5.74) is 0. The van der Waals surface area contributed by atoms with Crippen molar-refractivity contribution in [1.82, 2.24) is 5.06 Å². The Balaban J connectivity index is 2.08. The number of carbonyl (C=O) groups is 1. The molecule has 10 heavy (non-hydrogen) atoms. The highest BCUT2D eigenvalue weighted by atomic mass is 16.7. The predicted molar refractivity (Wildman–Crippen MR) is 37.1 cm³/mol. The molecule has 1 heterocycles. The highest BCUT2D eigenvalue weighted by molar-refractivity contribution is 5.80. The summed E-state index contributed by atoms with van der Waals surface area (Å²) < 4.78 is 0. The molecule has 1 aliphatic rings. The van der Waals surface area contributed by atoms with Crippen LogP contribution in [0.4, 0.5) is 0 Å². The molecule has 0 aliphatic carbocycles. The smallest absolute Gasteiger partial charge is 0.248 e. The Labute approximate surface area is 60.9 Å². The fraction of sp³-hybridized carbons (Fsp3) is 0.857. The van der Waals surface area contributed by atoms with Crippen LogP contribution in [0, 0.1) is 5.92 Å². The van der Waals surface area contributed by atoms with Gasteiger partial charge in [-0.25, -0.2) is 5.06 Å². The highest BCUT2D eigenvalue weighted by Gasteiger charge is 2.24. The third kappa shape index (κ3) is 1.70. The van der Waals surface area contributed by atoms with E-state index in [4.69, 9.17) is 4.84 Å². The Bertz CT molecular complexity index is 134. The van der Waals surface area contributed by atoms with Crippen LogP contribution < -0.4 is 0 Å². The lowest BCUT2D eigenvalue weighted by molar-refractivity contribution is -0.211. The number of hydrogen-bond acceptors (Lipinski definition) is 2. The lowest BCUT2D eigenvalue weighted by Crippen LogP contribution is -2.43. The van der Waals surface area contributed by atoms with E-state index in [1.54, 1.807) is 0 Å². The molecule has 58 valence electrons. The molecule has 3 nitrogen and oxygen atoms in total. The third-order valence-electron chi connectivity index (χ3n) is 1.37. The Morgan fingerprint density at radius 3 is 2.70 bits per heavy atom. The number of hydrogen-bond donors (Lipinski definition) is 0. The highest BCUT2D eigenvalue weighted by Crippen LogP contribution is 2.09. The van der Waals surface area contributed by atoms with Crippen molar-refractivity contribution < 1.29 is 9.63 Å². The third-order valence-corrected chi connectivity index (χ3v) is 1.37. The van der Waals surface area contributed by atoms with Crippen molar-refractivity contribution >= 4 is 5.91 Å². The first-order valence-corrected chi connectivity index (χ1v) is 3.63. The summed E-state index contributed by atoms with van der Waals surface area (Å²) in [7, 11) is 0. The van der Waals surface area contributed by atoms with Gasteiger partial charge in [-0.05, 0) is 5.92 Å². The van der Waals surface area contributed by atoms with Gasteiger partial charge in [0, 0.05) is 6.42 Å². The molecule has 0 radical (unpaired) electrons. The van der Waals surface area contributed by atoms with Gasteiger partial charge < -0.3 is 0 Å². The Morgan fingerprint density at radius 2 is 2.40 bits per heavy atom. The van der Waals surface area contributed by atoms with Gasteiger partial charge in [0.15, 0.2) is 0 Å². The fourth-order valence-electron chi connectivity index (χ4n) is 0.670. The summed E-state index contributed by atoms with van der Waals surface area (Å²) in [6.45, 7) is 5.53. The van der Waals surface area contributed by atoms with Crippen LogP contribution in [0.3, 0.4) is 0 Å². The molecule has 1 saturated heterocycles. The molecule has 0 unspecified atom stereocenters. The minimum atomic E-state index is 0.112. The van der Waals surface area contributed by atoms with Crippen LogP contribution in [-0.2, 0) is 9.63 Å². The monoisotopic (exact) mass is 143 g/mol. The van der Waals surface area contributed by atoms with Gasteiger partial charge in [-0.15, -0.1) is 0 Å². The summed E-state index contributed by atoms with van der Waals surface area (Å²) in [5.74, 6) is 0.606. The van der Waals surface area contributed by atoms with Crippen molar-refractivity contribution in [3.63, 3.8) is 0 Å². The molecule has 0 aromatic carbocycles.